The van der Waals surface area contributed by atoms with Gasteiger partial charge in [0.25, 0.3) is 0 Å². The van der Waals surface area contributed by atoms with Crippen molar-refractivity contribution in [1.29, 1.82) is 5.26 Å². The predicted molar refractivity (Wildman–Crippen MR) is 102 cm³/mol. The number of hydrogen-bond donors (Lipinski definition) is 0. The standard InChI is InChI=1S/C20H21N3O2S/c21-17-19-8-10-20(11-9-19)26(24,25)23-15-13-22(14-16-23)12-4-7-18-5-2-1-3-6-18/h1-11H,12-16H2. The van der Waals surface area contributed by atoms with Crippen molar-refractivity contribution in [2.45, 2.75) is 4.90 Å². The van der Waals surface area contributed by atoms with Crippen LogP contribution in [-0.4, -0.2) is 50.3 Å². The van der Waals surface area contributed by atoms with Gasteiger partial charge in [-0.3, -0.25) is 4.90 Å². The summed E-state index contributed by atoms with van der Waals surface area (Å²) in [4.78, 5) is 2.48. The number of sulfonamides is 1. The third kappa shape index (κ3) is 4.38. The zero-order valence-electron chi connectivity index (χ0n) is 14.5. The number of nitriles is 1. The molecular weight excluding hydrogens is 346 g/mol. The second-order valence-electron chi connectivity index (χ2n) is 6.15. The van der Waals surface area contributed by atoms with Crippen LogP contribution in [-0.2, 0) is 10.0 Å². The van der Waals surface area contributed by atoms with E-state index in [0.717, 1.165) is 12.1 Å². The molecule has 5 nitrogen and oxygen atoms in total. The average Bonchev–Trinajstić information content (AvgIpc) is 2.69. The fraction of sp³-hybridized carbons (Fsp3) is 0.250. The molecule has 0 atom stereocenters. The molecule has 2 aromatic carbocycles. The van der Waals surface area contributed by atoms with Gasteiger partial charge in [0.15, 0.2) is 0 Å². The van der Waals surface area contributed by atoms with Gasteiger partial charge in [0.05, 0.1) is 16.5 Å². The van der Waals surface area contributed by atoms with Gasteiger partial charge in [-0.15, -0.1) is 0 Å². The van der Waals surface area contributed by atoms with E-state index in [1.165, 1.54) is 28.6 Å². The minimum atomic E-state index is -3.49. The Morgan fingerprint density at radius 2 is 1.62 bits per heavy atom. The van der Waals surface area contributed by atoms with Gasteiger partial charge in [0, 0.05) is 32.7 Å². The lowest BCUT2D eigenvalue weighted by atomic mass is 10.2. The minimum absolute atomic E-state index is 0.244. The molecular formula is C20H21N3O2S. The smallest absolute Gasteiger partial charge is 0.243 e. The predicted octanol–water partition coefficient (Wildman–Crippen LogP) is 2.58. The van der Waals surface area contributed by atoms with E-state index in [4.69, 9.17) is 5.26 Å². The molecule has 1 aliphatic heterocycles. The van der Waals surface area contributed by atoms with Gasteiger partial charge in [-0.2, -0.15) is 9.57 Å². The molecule has 1 aliphatic rings. The first-order chi connectivity index (χ1) is 12.6. The first-order valence-corrected chi connectivity index (χ1v) is 9.98. The largest absolute Gasteiger partial charge is 0.297 e. The highest BCUT2D eigenvalue weighted by Gasteiger charge is 2.27. The Hall–Kier alpha value is -2.46. The zero-order chi connectivity index (χ0) is 18.4. The maximum atomic E-state index is 12.7. The van der Waals surface area contributed by atoms with Crippen LogP contribution >= 0.6 is 0 Å². The quantitative estimate of drug-likeness (QED) is 0.815. The van der Waals surface area contributed by atoms with E-state index in [1.807, 2.05) is 24.3 Å². The lowest BCUT2D eigenvalue weighted by molar-refractivity contribution is 0.204. The van der Waals surface area contributed by atoms with E-state index >= 15 is 0 Å². The molecule has 0 radical (unpaired) electrons. The summed E-state index contributed by atoms with van der Waals surface area (Å²) in [5.74, 6) is 0. The summed E-state index contributed by atoms with van der Waals surface area (Å²) in [6.45, 7) is 3.16. The Labute approximate surface area is 154 Å². The average molecular weight is 367 g/mol. The van der Waals surface area contributed by atoms with Crippen LogP contribution in [0.2, 0.25) is 0 Å². The molecule has 1 fully saturated rings. The summed E-state index contributed by atoms with van der Waals surface area (Å²) in [6.07, 6.45) is 4.19. The molecule has 0 bridgehead atoms. The van der Waals surface area contributed by atoms with Gasteiger partial charge in [0.1, 0.15) is 0 Å². The number of nitrogens with zero attached hydrogens (tertiary/aromatic N) is 3. The number of piperazine rings is 1. The van der Waals surface area contributed by atoms with E-state index < -0.39 is 10.0 Å². The minimum Gasteiger partial charge on any atom is -0.297 e. The summed E-state index contributed by atoms with van der Waals surface area (Å²) in [5, 5.41) is 8.83. The first kappa shape index (κ1) is 18.3. The fourth-order valence-electron chi connectivity index (χ4n) is 2.90. The normalized spacial score (nSPS) is 16.6. The van der Waals surface area contributed by atoms with Crippen molar-refractivity contribution >= 4 is 16.1 Å². The van der Waals surface area contributed by atoms with Crippen molar-refractivity contribution in [3.05, 3.63) is 71.8 Å². The van der Waals surface area contributed by atoms with E-state index in [2.05, 4.69) is 29.2 Å². The molecule has 0 aliphatic carbocycles. The molecule has 134 valence electrons. The molecule has 0 spiro atoms. The van der Waals surface area contributed by atoms with Gasteiger partial charge in [0.2, 0.25) is 10.0 Å². The molecule has 0 N–H and O–H groups in total. The summed E-state index contributed by atoms with van der Waals surface area (Å²) < 4.78 is 26.9. The van der Waals surface area contributed by atoms with Crippen LogP contribution in [0.15, 0.2) is 65.6 Å². The van der Waals surface area contributed by atoms with Crippen LogP contribution < -0.4 is 0 Å². The molecule has 6 heteroatoms. The van der Waals surface area contributed by atoms with Crippen molar-refractivity contribution in [3.8, 4) is 6.07 Å². The van der Waals surface area contributed by atoms with Crippen LogP contribution in [0.4, 0.5) is 0 Å². The maximum absolute atomic E-state index is 12.7. The molecule has 0 aromatic heterocycles. The van der Waals surface area contributed by atoms with Gasteiger partial charge in [-0.25, -0.2) is 8.42 Å². The molecule has 1 saturated heterocycles. The zero-order valence-corrected chi connectivity index (χ0v) is 15.3. The molecule has 0 amide bonds. The van der Waals surface area contributed by atoms with E-state index in [-0.39, 0.29) is 4.90 Å². The van der Waals surface area contributed by atoms with E-state index in [9.17, 15) is 8.42 Å². The molecule has 3 rings (SSSR count). The molecule has 2 aromatic rings. The molecule has 0 unspecified atom stereocenters. The molecule has 26 heavy (non-hydrogen) atoms. The third-order valence-corrected chi connectivity index (χ3v) is 6.34. The summed E-state index contributed by atoms with van der Waals surface area (Å²) in [7, 11) is -3.49. The highest BCUT2D eigenvalue weighted by atomic mass is 32.2. The Balaban J connectivity index is 1.55. The van der Waals surface area contributed by atoms with Crippen molar-refractivity contribution in [3.63, 3.8) is 0 Å². The first-order valence-electron chi connectivity index (χ1n) is 8.54. The van der Waals surface area contributed by atoms with Crippen LogP contribution in [0.5, 0.6) is 0 Å². The highest BCUT2D eigenvalue weighted by molar-refractivity contribution is 7.89. The Morgan fingerprint density at radius 1 is 0.962 bits per heavy atom. The lowest BCUT2D eigenvalue weighted by Gasteiger charge is -2.33. The number of benzene rings is 2. The van der Waals surface area contributed by atoms with Crippen molar-refractivity contribution in [1.82, 2.24) is 9.21 Å². The van der Waals surface area contributed by atoms with Gasteiger partial charge < -0.3 is 0 Å². The second kappa shape index (κ2) is 8.28. The Bertz CT molecular complexity index is 892. The van der Waals surface area contributed by atoms with Crippen LogP contribution in [0, 0.1) is 11.3 Å². The topological polar surface area (TPSA) is 64.4 Å². The van der Waals surface area contributed by atoms with Crippen LogP contribution in [0.1, 0.15) is 11.1 Å². The Morgan fingerprint density at radius 3 is 2.23 bits per heavy atom. The number of hydrogen-bond acceptors (Lipinski definition) is 4. The lowest BCUT2D eigenvalue weighted by Crippen LogP contribution is -2.48. The molecule has 0 saturated carbocycles. The van der Waals surface area contributed by atoms with Crippen LogP contribution in [0.3, 0.4) is 0 Å². The van der Waals surface area contributed by atoms with Crippen molar-refractivity contribution in [2.24, 2.45) is 0 Å². The third-order valence-electron chi connectivity index (χ3n) is 4.43. The Kier molecular flexibility index (Phi) is 5.84. The maximum Gasteiger partial charge on any atom is 0.243 e. The SMILES string of the molecule is N#Cc1ccc(S(=O)(=O)N2CCN(CC=Cc3ccccc3)CC2)cc1. The summed E-state index contributed by atoms with van der Waals surface area (Å²) in [5.41, 5.74) is 1.62. The second-order valence-corrected chi connectivity index (χ2v) is 8.09. The highest BCUT2D eigenvalue weighted by Crippen LogP contribution is 2.18. The van der Waals surface area contributed by atoms with Crippen LogP contribution in [0.25, 0.3) is 6.08 Å². The molecule has 1 heterocycles. The van der Waals surface area contributed by atoms with Gasteiger partial charge in [-0.1, -0.05) is 42.5 Å². The number of rotatable bonds is 5. The van der Waals surface area contributed by atoms with Gasteiger partial charge >= 0.3 is 0 Å². The van der Waals surface area contributed by atoms with Gasteiger partial charge in [-0.05, 0) is 29.8 Å². The summed E-state index contributed by atoms with van der Waals surface area (Å²) in [6, 6.07) is 18.2. The summed E-state index contributed by atoms with van der Waals surface area (Å²) >= 11 is 0. The van der Waals surface area contributed by atoms with Crippen molar-refractivity contribution < 1.29 is 8.42 Å². The van der Waals surface area contributed by atoms with E-state index in [0.29, 0.717) is 31.7 Å². The van der Waals surface area contributed by atoms with E-state index in [1.54, 1.807) is 0 Å². The van der Waals surface area contributed by atoms with Crippen molar-refractivity contribution in [2.75, 3.05) is 32.7 Å². The monoisotopic (exact) mass is 367 g/mol. The fourth-order valence-corrected chi connectivity index (χ4v) is 4.33.